The van der Waals surface area contributed by atoms with Crippen molar-refractivity contribution in [1.82, 2.24) is 15.1 Å². The van der Waals surface area contributed by atoms with E-state index in [0.717, 1.165) is 26.2 Å². The van der Waals surface area contributed by atoms with Gasteiger partial charge in [0.25, 0.3) is 0 Å². The van der Waals surface area contributed by atoms with E-state index in [1.54, 1.807) is 0 Å². The number of hydrogen-bond acceptors (Lipinski definition) is 4. The molecule has 17 heavy (non-hydrogen) atoms. The molecule has 0 heterocycles. The van der Waals surface area contributed by atoms with E-state index in [4.69, 9.17) is 5.26 Å². The molecule has 0 aliphatic heterocycles. The lowest BCUT2D eigenvalue weighted by Gasteiger charge is -2.24. The van der Waals surface area contributed by atoms with E-state index in [0.29, 0.717) is 6.04 Å². The van der Waals surface area contributed by atoms with Gasteiger partial charge in [0.15, 0.2) is 0 Å². The Morgan fingerprint density at radius 2 is 2.06 bits per heavy atom. The topological polar surface area (TPSA) is 42.3 Å². The molecule has 98 valence electrons. The van der Waals surface area contributed by atoms with E-state index in [1.807, 2.05) is 0 Å². The minimum atomic E-state index is 0.00167. The van der Waals surface area contributed by atoms with Crippen LogP contribution in [0.25, 0.3) is 0 Å². The molecule has 4 nitrogen and oxygen atoms in total. The summed E-state index contributed by atoms with van der Waals surface area (Å²) in [6.45, 7) is 6.25. The van der Waals surface area contributed by atoms with E-state index in [9.17, 15) is 0 Å². The normalized spacial score (nSPS) is 17.4. The van der Waals surface area contributed by atoms with Crippen LogP contribution in [-0.2, 0) is 0 Å². The molecule has 1 rings (SSSR count). The summed E-state index contributed by atoms with van der Waals surface area (Å²) in [5.74, 6) is 0. The minimum Gasteiger partial charge on any atom is -0.309 e. The zero-order valence-corrected chi connectivity index (χ0v) is 11.4. The zero-order valence-electron chi connectivity index (χ0n) is 11.4. The first-order valence-corrected chi connectivity index (χ1v) is 6.68. The molecule has 0 spiro atoms. The molecule has 0 aromatic carbocycles. The highest BCUT2D eigenvalue weighted by molar-refractivity contribution is 4.97. The van der Waals surface area contributed by atoms with Crippen LogP contribution in [0.2, 0.25) is 0 Å². The molecule has 0 aromatic rings. The van der Waals surface area contributed by atoms with Gasteiger partial charge in [0.1, 0.15) is 6.04 Å². The molecule has 1 unspecified atom stereocenters. The van der Waals surface area contributed by atoms with Gasteiger partial charge >= 0.3 is 0 Å². The third kappa shape index (κ3) is 6.62. The number of rotatable bonds is 9. The van der Waals surface area contributed by atoms with Gasteiger partial charge in [-0.25, -0.2) is 0 Å². The standard InChI is InChI=1S/C13H26N4/c1-4-17(9-5-8-16(2)3)11-13(10-14)15-12-6-7-12/h12-13,15H,4-9,11H2,1-3H3. The highest BCUT2D eigenvalue weighted by atomic mass is 15.2. The smallest absolute Gasteiger partial charge is 0.108 e. The molecule has 1 N–H and O–H groups in total. The Hall–Kier alpha value is -0.630. The second-order valence-electron chi connectivity index (χ2n) is 5.17. The van der Waals surface area contributed by atoms with E-state index in [-0.39, 0.29) is 6.04 Å². The Kier molecular flexibility index (Phi) is 6.49. The summed E-state index contributed by atoms with van der Waals surface area (Å²) in [6.07, 6.45) is 3.65. The minimum absolute atomic E-state index is 0.00167. The Bertz CT molecular complexity index is 242. The van der Waals surface area contributed by atoms with Crippen LogP contribution in [0.4, 0.5) is 0 Å². The Morgan fingerprint density at radius 3 is 2.53 bits per heavy atom. The van der Waals surface area contributed by atoms with Crippen LogP contribution in [0.15, 0.2) is 0 Å². The maximum atomic E-state index is 9.11. The lowest BCUT2D eigenvalue weighted by molar-refractivity contribution is 0.252. The van der Waals surface area contributed by atoms with Crippen LogP contribution in [0.3, 0.4) is 0 Å². The first-order chi connectivity index (χ1) is 8.15. The van der Waals surface area contributed by atoms with Crippen molar-refractivity contribution in [3.8, 4) is 6.07 Å². The Morgan fingerprint density at radius 1 is 1.35 bits per heavy atom. The third-order valence-electron chi connectivity index (χ3n) is 3.14. The molecule has 1 aliphatic carbocycles. The zero-order chi connectivity index (χ0) is 12.7. The molecule has 1 aliphatic rings. The van der Waals surface area contributed by atoms with Crippen molar-refractivity contribution in [3.63, 3.8) is 0 Å². The van der Waals surface area contributed by atoms with E-state index in [2.05, 4.69) is 42.2 Å². The van der Waals surface area contributed by atoms with Gasteiger partial charge in [-0.05, 0) is 53.0 Å². The van der Waals surface area contributed by atoms with Crippen molar-refractivity contribution in [2.75, 3.05) is 40.3 Å². The Balaban J connectivity index is 2.20. The summed E-state index contributed by atoms with van der Waals surface area (Å²) in [7, 11) is 4.20. The highest BCUT2D eigenvalue weighted by Crippen LogP contribution is 2.19. The summed E-state index contributed by atoms with van der Waals surface area (Å²) >= 11 is 0. The van der Waals surface area contributed by atoms with Gasteiger partial charge in [-0.2, -0.15) is 5.26 Å². The number of nitrogens with zero attached hydrogens (tertiary/aromatic N) is 3. The van der Waals surface area contributed by atoms with Crippen LogP contribution in [-0.4, -0.2) is 62.2 Å². The van der Waals surface area contributed by atoms with E-state index < -0.39 is 0 Å². The molecule has 1 saturated carbocycles. The fourth-order valence-electron chi connectivity index (χ4n) is 1.91. The highest BCUT2D eigenvalue weighted by Gasteiger charge is 2.25. The number of nitrogens with one attached hydrogen (secondary N) is 1. The first-order valence-electron chi connectivity index (χ1n) is 6.68. The van der Waals surface area contributed by atoms with Gasteiger partial charge in [0, 0.05) is 12.6 Å². The van der Waals surface area contributed by atoms with Crippen LogP contribution < -0.4 is 5.32 Å². The quantitative estimate of drug-likeness (QED) is 0.648. The van der Waals surface area contributed by atoms with E-state index in [1.165, 1.54) is 19.3 Å². The van der Waals surface area contributed by atoms with Gasteiger partial charge in [-0.15, -0.1) is 0 Å². The van der Waals surface area contributed by atoms with Crippen LogP contribution >= 0.6 is 0 Å². The predicted molar refractivity (Wildman–Crippen MR) is 70.8 cm³/mol. The molecule has 0 bridgehead atoms. The molecule has 0 aromatic heterocycles. The fourth-order valence-corrected chi connectivity index (χ4v) is 1.91. The van der Waals surface area contributed by atoms with Crippen molar-refractivity contribution < 1.29 is 0 Å². The summed E-state index contributed by atoms with van der Waals surface area (Å²) < 4.78 is 0. The van der Waals surface area contributed by atoms with Crippen molar-refractivity contribution in [2.24, 2.45) is 0 Å². The lowest BCUT2D eigenvalue weighted by atomic mass is 10.2. The molecule has 1 atom stereocenters. The maximum Gasteiger partial charge on any atom is 0.108 e. The molecular formula is C13H26N4. The predicted octanol–water partition coefficient (Wildman–Crippen LogP) is 0.904. The molecule has 0 saturated heterocycles. The van der Waals surface area contributed by atoms with Crippen molar-refractivity contribution in [3.05, 3.63) is 0 Å². The van der Waals surface area contributed by atoms with Gasteiger partial charge < -0.3 is 9.80 Å². The molecular weight excluding hydrogens is 212 g/mol. The second kappa shape index (κ2) is 7.65. The SMILES string of the molecule is CCN(CCCN(C)C)CC(C#N)NC1CC1. The average molecular weight is 238 g/mol. The summed E-state index contributed by atoms with van der Waals surface area (Å²) in [5, 5.41) is 12.5. The number of hydrogen-bond donors (Lipinski definition) is 1. The molecule has 1 fully saturated rings. The monoisotopic (exact) mass is 238 g/mol. The lowest BCUT2D eigenvalue weighted by Crippen LogP contribution is -2.41. The molecule has 4 heteroatoms. The maximum absolute atomic E-state index is 9.11. The first kappa shape index (κ1) is 14.4. The van der Waals surface area contributed by atoms with Gasteiger partial charge in [-0.1, -0.05) is 6.92 Å². The van der Waals surface area contributed by atoms with E-state index >= 15 is 0 Å². The largest absolute Gasteiger partial charge is 0.309 e. The fraction of sp³-hybridized carbons (Fsp3) is 0.923. The van der Waals surface area contributed by atoms with Crippen molar-refractivity contribution in [1.29, 1.82) is 5.26 Å². The van der Waals surface area contributed by atoms with Crippen LogP contribution in [0.1, 0.15) is 26.2 Å². The van der Waals surface area contributed by atoms with Crippen LogP contribution in [0.5, 0.6) is 0 Å². The summed E-state index contributed by atoms with van der Waals surface area (Å²) in [5.41, 5.74) is 0. The Labute approximate surface area is 106 Å². The van der Waals surface area contributed by atoms with Gasteiger partial charge in [0.05, 0.1) is 6.07 Å². The summed E-state index contributed by atoms with van der Waals surface area (Å²) in [4.78, 5) is 4.57. The van der Waals surface area contributed by atoms with Crippen LogP contribution in [0, 0.1) is 11.3 Å². The number of nitriles is 1. The van der Waals surface area contributed by atoms with Gasteiger partial charge in [-0.3, -0.25) is 5.32 Å². The third-order valence-corrected chi connectivity index (χ3v) is 3.14. The van der Waals surface area contributed by atoms with Crippen molar-refractivity contribution >= 4 is 0 Å². The second-order valence-corrected chi connectivity index (χ2v) is 5.17. The van der Waals surface area contributed by atoms with Gasteiger partial charge in [0.2, 0.25) is 0 Å². The summed E-state index contributed by atoms with van der Waals surface area (Å²) in [6, 6.07) is 2.99. The molecule has 0 radical (unpaired) electrons. The average Bonchev–Trinajstić information content (AvgIpc) is 3.09. The molecule has 0 amide bonds. The van der Waals surface area contributed by atoms with Crippen molar-refractivity contribution in [2.45, 2.75) is 38.3 Å². The number of likely N-dealkylation sites (N-methyl/N-ethyl adjacent to an activating group) is 1.